The van der Waals surface area contributed by atoms with E-state index < -0.39 is 11.7 Å². The van der Waals surface area contributed by atoms with E-state index in [9.17, 15) is 13.2 Å². The minimum absolute atomic E-state index is 0.158. The molecule has 2 rings (SSSR count). The van der Waals surface area contributed by atoms with Crippen LogP contribution < -0.4 is 5.73 Å². The van der Waals surface area contributed by atoms with Gasteiger partial charge in [0.05, 0.1) is 11.8 Å². The first-order valence-electron chi connectivity index (χ1n) is 6.76. The Labute approximate surface area is 146 Å². The van der Waals surface area contributed by atoms with Crippen molar-refractivity contribution in [3.63, 3.8) is 0 Å². The van der Waals surface area contributed by atoms with Crippen molar-refractivity contribution in [2.24, 2.45) is 15.9 Å². The van der Waals surface area contributed by atoms with Crippen molar-refractivity contribution in [1.82, 2.24) is 0 Å². The highest BCUT2D eigenvalue weighted by Crippen LogP contribution is 2.32. The monoisotopic (exact) mass is 371 g/mol. The second-order valence-electron chi connectivity index (χ2n) is 4.69. The topological polar surface area (TPSA) is 50.7 Å². The van der Waals surface area contributed by atoms with Gasteiger partial charge in [-0.1, -0.05) is 53.7 Å². The molecular weight excluding hydrogens is 359 g/mol. The number of rotatable bonds is 4. The molecule has 0 aliphatic carbocycles. The van der Waals surface area contributed by atoms with Crippen molar-refractivity contribution in [2.45, 2.75) is 11.9 Å². The van der Waals surface area contributed by atoms with Crippen LogP contribution in [-0.2, 0) is 11.9 Å². The van der Waals surface area contributed by atoms with Crippen molar-refractivity contribution in [3.8, 4) is 0 Å². The Hall–Kier alpha value is -1.99. The number of thioether (sulfide) groups is 1. The summed E-state index contributed by atoms with van der Waals surface area (Å²) in [7, 11) is 0. The molecule has 2 aromatic carbocycles. The van der Waals surface area contributed by atoms with E-state index in [0.717, 1.165) is 17.8 Å². The van der Waals surface area contributed by atoms with Crippen LogP contribution in [0.15, 0.2) is 58.7 Å². The number of hydrogen-bond acceptors (Lipinski definition) is 3. The minimum atomic E-state index is -4.50. The Kier molecular flexibility index (Phi) is 6.28. The number of halogens is 4. The quantitative estimate of drug-likeness (QED) is 0.470. The van der Waals surface area contributed by atoms with E-state index in [2.05, 4.69) is 10.2 Å². The Morgan fingerprint density at radius 3 is 2.54 bits per heavy atom. The van der Waals surface area contributed by atoms with E-state index in [1.54, 1.807) is 0 Å². The van der Waals surface area contributed by atoms with E-state index in [-0.39, 0.29) is 15.8 Å². The van der Waals surface area contributed by atoms with Crippen molar-refractivity contribution in [2.75, 3.05) is 0 Å². The number of alkyl halides is 3. The van der Waals surface area contributed by atoms with Gasteiger partial charge in [0.15, 0.2) is 5.17 Å². The zero-order valence-corrected chi connectivity index (χ0v) is 13.9. The molecule has 3 nitrogen and oxygen atoms in total. The first kappa shape index (κ1) is 18.4. The summed E-state index contributed by atoms with van der Waals surface area (Å²) in [4.78, 5) is 0. The summed E-state index contributed by atoms with van der Waals surface area (Å²) in [6.07, 6.45) is -3.51. The molecule has 8 heteroatoms. The molecule has 126 valence electrons. The van der Waals surface area contributed by atoms with Gasteiger partial charge in [0.25, 0.3) is 0 Å². The molecule has 0 saturated heterocycles. The third-order valence-corrected chi connectivity index (χ3v) is 3.99. The Morgan fingerprint density at radius 1 is 1.17 bits per heavy atom. The van der Waals surface area contributed by atoms with E-state index >= 15 is 0 Å². The fraction of sp³-hybridized carbons (Fsp3) is 0.125. The molecule has 0 atom stereocenters. The van der Waals surface area contributed by atoms with Gasteiger partial charge in [0.1, 0.15) is 0 Å². The van der Waals surface area contributed by atoms with Gasteiger partial charge in [-0.15, -0.1) is 5.10 Å². The molecule has 0 aromatic heterocycles. The number of hydrogen-bond donors (Lipinski definition) is 1. The minimum Gasteiger partial charge on any atom is -0.377 e. The second-order valence-corrected chi connectivity index (χ2v) is 6.12. The predicted octanol–water partition coefficient (Wildman–Crippen LogP) is 4.94. The number of nitrogens with two attached hydrogens (primary N) is 1. The molecule has 0 heterocycles. The number of amidine groups is 1. The SMILES string of the molecule is NC(=NN=Cc1cc(Cl)ccc1C(F)(F)F)SCc1ccccc1. The molecule has 2 aromatic rings. The van der Waals surface area contributed by atoms with Gasteiger partial charge in [-0.05, 0) is 23.8 Å². The fourth-order valence-corrected chi connectivity index (χ4v) is 2.60. The van der Waals surface area contributed by atoms with Crippen LogP contribution in [0.4, 0.5) is 13.2 Å². The average molecular weight is 372 g/mol. The Bertz CT molecular complexity index is 746. The van der Waals surface area contributed by atoms with E-state index in [1.807, 2.05) is 30.3 Å². The van der Waals surface area contributed by atoms with Gasteiger partial charge in [0.2, 0.25) is 0 Å². The van der Waals surface area contributed by atoms with Crippen LogP contribution in [0, 0.1) is 0 Å². The van der Waals surface area contributed by atoms with Crippen molar-refractivity contribution in [3.05, 3.63) is 70.2 Å². The molecule has 0 radical (unpaired) electrons. The number of benzene rings is 2. The van der Waals surface area contributed by atoms with Gasteiger partial charge in [-0.25, -0.2) is 0 Å². The van der Waals surface area contributed by atoms with E-state index in [0.29, 0.717) is 5.75 Å². The summed E-state index contributed by atoms with van der Waals surface area (Å²) in [5, 5.41) is 7.67. The fourth-order valence-electron chi connectivity index (χ4n) is 1.81. The molecule has 0 bridgehead atoms. The van der Waals surface area contributed by atoms with Gasteiger partial charge >= 0.3 is 6.18 Å². The average Bonchev–Trinajstić information content (AvgIpc) is 2.53. The lowest BCUT2D eigenvalue weighted by Crippen LogP contribution is -2.09. The Morgan fingerprint density at radius 2 is 1.88 bits per heavy atom. The van der Waals surface area contributed by atoms with Crippen LogP contribution in [0.1, 0.15) is 16.7 Å². The standard InChI is InChI=1S/C16H13ClF3N3S/c17-13-6-7-14(16(18,19)20)12(8-13)9-22-23-15(21)24-10-11-4-2-1-3-5-11/h1-9H,10H2,(H2,21,23). The second kappa shape index (κ2) is 8.21. The lowest BCUT2D eigenvalue weighted by atomic mass is 10.1. The van der Waals surface area contributed by atoms with E-state index in [4.69, 9.17) is 17.3 Å². The summed E-state index contributed by atoms with van der Waals surface area (Å²) in [5.74, 6) is 0.594. The summed E-state index contributed by atoms with van der Waals surface area (Å²) >= 11 is 6.98. The lowest BCUT2D eigenvalue weighted by Gasteiger charge is -2.09. The first-order chi connectivity index (χ1) is 11.4. The maximum atomic E-state index is 12.9. The predicted molar refractivity (Wildman–Crippen MR) is 93.4 cm³/mol. The Balaban J connectivity index is 2.06. The highest BCUT2D eigenvalue weighted by atomic mass is 35.5. The van der Waals surface area contributed by atoms with Gasteiger partial charge < -0.3 is 5.73 Å². The third kappa shape index (κ3) is 5.58. The zero-order valence-electron chi connectivity index (χ0n) is 12.3. The molecule has 0 saturated carbocycles. The molecule has 24 heavy (non-hydrogen) atoms. The normalized spacial score (nSPS) is 12.8. The van der Waals surface area contributed by atoms with Gasteiger partial charge in [-0.2, -0.15) is 18.3 Å². The van der Waals surface area contributed by atoms with E-state index in [1.165, 1.54) is 23.9 Å². The van der Waals surface area contributed by atoms with Crippen LogP contribution in [-0.4, -0.2) is 11.4 Å². The molecule has 0 aliphatic heterocycles. The zero-order chi connectivity index (χ0) is 17.6. The van der Waals surface area contributed by atoms with Crippen molar-refractivity contribution >= 4 is 34.7 Å². The summed E-state index contributed by atoms with van der Waals surface area (Å²) in [6.45, 7) is 0. The molecule has 0 aliphatic rings. The van der Waals surface area contributed by atoms with Crippen LogP contribution >= 0.6 is 23.4 Å². The van der Waals surface area contributed by atoms with Crippen molar-refractivity contribution in [1.29, 1.82) is 0 Å². The van der Waals surface area contributed by atoms with Crippen LogP contribution in [0.5, 0.6) is 0 Å². The lowest BCUT2D eigenvalue weighted by molar-refractivity contribution is -0.137. The summed E-state index contributed by atoms with van der Waals surface area (Å²) in [5.41, 5.74) is 5.75. The van der Waals surface area contributed by atoms with Crippen LogP contribution in [0.2, 0.25) is 5.02 Å². The molecular formula is C16H13ClF3N3S. The van der Waals surface area contributed by atoms with Crippen LogP contribution in [0.3, 0.4) is 0 Å². The smallest absolute Gasteiger partial charge is 0.377 e. The summed E-state index contributed by atoms with van der Waals surface area (Å²) in [6, 6.07) is 12.8. The first-order valence-corrected chi connectivity index (χ1v) is 8.12. The molecule has 0 amide bonds. The molecule has 2 N–H and O–H groups in total. The molecule has 0 fully saturated rings. The highest BCUT2D eigenvalue weighted by molar-refractivity contribution is 8.13. The van der Waals surface area contributed by atoms with Gasteiger partial charge in [-0.3, -0.25) is 0 Å². The highest BCUT2D eigenvalue weighted by Gasteiger charge is 2.32. The molecule has 0 spiro atoms. The summed E-state index contributed by atoms with van der Waals surface area (Å²) < 4.78 is 38.7. The van der Waals surface area contributed by atoms with Gasteiger partial charge in [0, 0.05) is 16.3 Å². The third-order valence-electron chi connectivity index (χ3n) is 2.90. The van der Waals surface area contributed by atoms with Crippen molar-refractivity contribution < 1.29 is 13.2 Å². The van der Waals surface area contributed by atoms with Crippen LogP contribution in [0.25, 0.3) is 0 Å². The molecule has 0 unspecified atom stereocenters. The largest absolute Gasteiger partial charge is 0.417 e. The maximum absolute atomic E-state index is 12.9. The number of nitrogens with zero attached hydrogens (tertiary/aromatic N) is 2. The maximum Gasteiger partial charge on any atom is 0.417 e.